The van der Waals surface area contributed by atoms with Gasteiger partial charge in [-0.15, -0.1) is 0 Å². The fourth-order valence-electron chi connectivity index (χ4n) is 1.37. The van der Waals surface area contributed by atoms with Crippen molar-refractivity contribution in [1.29, 1.82) is 0 Å². The molecule has 1 heterocycles. The van der Waals surface area contributed by atoms with Crippen LogP contribution in [-0.4, -0.2) is 24.2 Å². The molecule has 0 aromatic carbocycles. The lowest BCUT2D eigenvalue weighted by Gasteiger charge is -2.04. The van der Waals surface area contributed by atoms with Gasteiger partial charge in [0.15, 0.2) is 11.5 Å². The summed E-state index contributed by atoms with van der Waals surface area (Å²) in [6, 6.07) is 1.68. The number of aromatic nitrogens is 1. The third-order valence-corrected chi connectivity index (χ3v) is 2.31. The summed E-state index contributed by atoms with van der Waals surface area (Å²) in [5.74, 6) is 1.52. The highest BCUT2D eigenvalue weighted by atomic mass is 16.5. The van der Waals surface area contributed by atoms with Gasteiger partial charge in [0.05, 0.1) is 6.54 Å². The molecule has 2 N–H and O–H groups in total. The van der Waals surface area contributed by atoms with E-state index < -0.39 is 0 Å². The standard InChI is InChI=1S/C13H23N3O2/c1-9(2)6-14-8-11-5-12(16-18-11)13(17)15-7-10(3)4/h5,9-10,14H,6-8H2,1-4H3,(H,15,17). The van der Waals surface area contributed by atoms with E-state index in [1.165, 1.54) is 0 Å². The molecule has 1 rings (SSSR count). The highest BCUT2D eigenvalue weighted by Crippen LogP contribution is 2.04. The van der Waals surface area contributed by atoms with Crippen LogP contribution in [0, 0.1) is 11.8 Å². The van der Waals surface area contributed by atoms with Gasteiger partial charge in [-0.3, -0.25) is 4.79 Å². The Labute approximate surface area is 108 Å². The van der Waals surface area contributed by atoms with Gasteiger partial charge < -0.3 is 15.2 Å². The van der Waals surface area contributed by atoms with Crippen molar-refractivity contribution in [2.45, 2.75) is 34.2 Å². The van der Waals surface area contributed by atoms with E-state index in [9.17, 15) is 4.79 Å². The highest BCUT2D eigenvalue weighted by Gasteiger charge is 2.12. The zero-order chi connectivity index (χ0) is 13.5. The fourth-order valence-corrected chi connectivity index (χ4v) is 1.37. The van der Waals surface area contributed by atoms with E-state index in [4.69, 9.17) is 4.52 Å². The van der Waals surface area contributed by atoms with Gasteiger partial charge in [-0.2, -0.15) is 0 Å². The summed E-state index contributed by atoms with van der Waals surface area (Å²) in [4.78, 5) is 11.7. The minimum absolute atomic E-state index is 0.178. The Kier molecular flexibility index (Phi) is 5.85. The average molecular weight is 253 g/mol. The maximum Gasteiger partial charge on any atom is 0.273 e. The Morgan fingerprint density at radius 1 is 1.28 bits per heavy atom. The summed E-state index contributed by atoms with van der Waals surface area (Å²) in [6.45, 7) is 10.5. The van der Waals surface area contributed by atoms with Crippen LogP contribution in [0.2, 0.25) is 0 Å². The summed E-state index contributed by atoms with van der Waals surface area (Å²) in [6.07, 6.45) is 0. The molecule has 1 aromatic rings. The Hall–Kier alpha value is -1.36. The summed E-state index contributed by atoms with van der Waals surface area (Å²) < 4.78 is 5.10. The van der Waals surface area contributed by atoms with Crippen molar-refractivity contribution in [1.82, 2.24) is 15.8 Å². The molecule has 102 valence electrons. The second-order valence-corrected chi connectivity index (χ2v) is 5.31. The van der Waals surface area contributed by atoms with Crippen LogP contribution in [0.4, 0.5) is 0 Å². The molecule has 0 radical (unpaired) electrons. The largest absolute Gasteiger partial charge is 0.359 e. The number of amides is 1. The van der Waals surface area contributed by atoms with E-state index in [-0.39, 0.29) is 5.91 Å². The van der Waals surface area contributed by atoms with Crippen molar-refractivity contribution in [3.8, 4) is 0 Å². The lowest BCUT2D eigenvalue weighted by Crippen LogP contribution is -2.27. The van der Waals surface area contributed by atoms with Gasteiger partial charge in [0.2, 0.25) is 0 Å². The molecule has 0 saturated carbocycles. The predicted octanol–water partition coefficient (Wildman–Crippen LogP) is 1.81. The van der Waals surface area contributed by atoms with Gasteiger partial charge in [0, 0.05) is 12.6 Å². The first kappa shape index (κ1) is 14.7. The Morgan fingerprint density at radius 3 is 2.56 bits per heavy atom. The van der Waals surface area contributed by atoms with Gasteiger partial charge in [-0.1, -0.05) is 32.9 Å². The molecule has 0 saturated heterocycles. The number of nitrogens with zero attached hydrogens (tertiary/aromatic N) is 1. The molecule has 0 fully saturated rings. The quantitative estimate of drug-likeness (QED) is 0.777. The highest BCUT2D eigenvalue weighted by molar-refractivity contribution is 5.92. The molecule has 1 amide bonds. The number of nitrogens with one attached hydrogen (secondary N) is 2. The van der Waals surface area contributed by atoms with Crippen LogP contribution in [0.3, 0.4) is 0 Å². The smallest absolute Gasteiger partial charge is 0.273 e. The maximum absolute atomic E-state index is 11.7. The van der Waals surface area contributed by atoms with Crippen LogP contribution in [0.5, 0.6) is 0 Å². The van der Waals surface area contributed by atoms with Crippen LogP contribution in [0.1, 0.15) is 43.9 Å². The summed E-state index contributed by atoms with van der Waals surface area (Å²) in [5.41, 5.74) is 0.344. The molecule has 0 spiro atoms. The summed E-state index contributed by atoms with van der Waals surface area (Å²) >= 11 is 0. The molecule has 5 heteroatoms. The van der Waals surface area contributed by atoms with Crippen LogP contribution in [-0.2, 0) is 6.54 Å². The second kappa shape index (κ2) is 7.16. The van der Waals surface area contributed by atoms with E-state index in [0.717, 1.165) is 6.54 Å². The van der Waals surface area contributed by atoms with E-state index in [2.05, 4.69) is 29.6 Å². The van der Waals surface area contributed by atoms with Crippen molar-refractivity contribution in [3.63, 3.8) is 0 Å². The summed E-state index contributed by atoms with van der Waals surface area (Å²) in [7, 11) is 0. The number of rotatable bonds is 7. The monoisotopic (exact) mass is 253 g/mol. The van der Waals surface area contributed by atoms with Crippen LogP contribution in [0.15, 0.2) is 10.6 Å². The molecule has 18 heavy (non-hydrogen) atoms. The molecular weight excluding hydrogens is 230 g/mol. The third-order valence-electron chi connectivity index (χ3n) is 2.31. The molecule has 0 aliphatic carbocycles. The first-order valence-electron chi connectivity index (χ1n) is 6.43. The molecule has 5 nitrogen and oxygen atoms in total. The Balaban J connectivity index is 2.40. The number of carbonyl (C=O) groups is 1. The van der Waals surface area contributed by atoms with Crippen LogP contribution >= 0.6 is 0 Å². The Bertz CT molecular complexity index is 372. The predicted molar refractivity (Wildman–Crippen MR) is 70.2 cm³/mol. The molecule has 0 aliphatic rings. The lowest BCUT2D eigenvalue weighted by atomic mass is 10.2. The molecule has 0 unspecified atom stereocenters. The first-order chi connectivity index (χ1) is 8.49. The SMILES string of the molecule is CC(C)CNCc1cc(C(=O)NCC(C)C)no1. The topological polar surface area (TPSA) is 67.2 Å². The molecule has 0 atom stereocenters. The average Bonchev–Trinajstić information content (AvgIpc) is 2.74. The van der Waals surface area contributed by atoms with Crippen molar-refractivity contribution in [2.24, 2.45) is 11.8 Å². The van der Waals surface area contributed by atoms with Gasteiger partial charge in [-0.25, -0.2) is 0 Å². The zero-order valence-corrected chi connectivity index (χ0v) is 11.6. The van der Waals surface area contributed by atoms with Gasteiger partial charge in [0.1, 0.15) is 0 Å². The van der Waals surface area contributed by atoms with Crippen molar-refractivity contribution >= 4 is 5.91 Å². The normalized spacial score (nSPS) is 11.2. The van der Waals surface area contributed by atoms with Crippen LogP contribution < -0.4 is 10.6 Å². The maximum atomic E-state index is 11.7. The van der Waals surface area contributed by atoms with Crippen molar-refractivity contribution in [3.05, 3.63) is 17.5 Å². The number of carbonyl (C=O) groups excluding carboxylic acids is 1. The van der Waals surface area contributed by atoms with E-state index >= 15 is 0 Å². The van der Waals surface area contributed by atoms with E-state index in [1.807, 2.05) is 13.8 Å². The van der Waals surface area contributed by atoms with Crippen LogP contribution in [0.25, 0.3) is 0 Å². The number of hydrogen-bond acceptors (Lipinski definition) is 4. The Morgan fingerprint density at radius 2 is 1.94 bits per heavy atom. The molecule has 0 bridgehead atoms. The fraction of sp³-hybridized carbons (Fsp3) is 0.692. The molecule has 0 aliphatic heterocycles. The van der Waals surface area contributed by atoms with E-state index in [1.54, 1.807) is 6.07 Å². The first-order valence-corrected chi connectivity index (χ1v) is 6.43. The minimum atomic E-state index is -0.178. The minimum Gasteiger partial charge on any atom is -0.359 e. The van der Waals surface area contributed by atoms with Gasteiger partial charge in [-0.05, 0) is 18.4 Å². The van der Waals surface area contributed by atoms with E-state index in [0.29, 0.717) is 36.4 Å². The third kappa shape index (κ3) is 5.31. The molecule has 1 aromatic heterocycles. The lowest BCUT2D eigenvalue weighted by molar-refractivity contribution is 0.0940. The van der Waals surface area contributed by atoms with Gasteiger partial charge in [0.25, 0.3) is 5.91 Å². The van der Waals surface area contributed by atoms with Crippen molar-refractivity contribution < 1.29 is 9.32 Å². The van der Waals surface area contributed by atoms with Gasteiger partial charge >= 0.3 is 0 Å². The summed E-state index contributed by atoms with van der Waals surface area (Å²) in [5, 5.41) is 9.81. The number of hydrogen-bond donors (Lipinski definition) is 2. The van der Waals surface area contributed by atoms with Crippen molar-refractivity contribution in [2.75, 3.05) is 13.1 Å². The second-order valence-electron chi connectivity index (χ2n) is 5.31. The molecular formula is C13H23N3O2. The zero-order valence-electron chi connectivity index (χ0n) is 11.6.